The third-order valence-electron chi connectivity index (χ3n) is 4.35. The van der Waals surface area contributed by atoms with Gasteiger partial charge in [-0.05, 0) is 26.5 Å². The molecule has 3 rings (SSSR count). The molecule has 10 heteroatoms. The lowest BCUT2D eigenvalue weighted by molar-refractivity contribution is 0.0818. The van der Waals surface area contributed by atoms with Gasteiger partial charge in [0.05, 0.1) is 23.4 Å². The fourth-order valence-corrected chi connectivity index (χ4v) is 4.71. The average molecular weight is 423 g/mol. The third kappa shape index (κ3) is 5.17. The van der Waals surface area contributed by atoms with Crippen molar-refractivity contribution in [2.45, 2.75) is 44.5 Å². The minimum atomic E-state index is -1.03. The van der Waals surface area contributed by atoms with Gasteiger partial charge in [0, 0.05) is 30.6 Å². The Hall–Kier alpha value is -1.80. The molecule has 0 bridgehead atoms. The Morgan fingerprint density at radius 1 is 1.46 bits per heavy atom. The zero-order valence-corrected chi connectivity index (χ0v) is 17.6. The standard InChI is InChI=1S/C18H23FN6OS2/c1-18(2,26)6-12-9-21-16(28-12)15-11(7-20)8-22-17(24-15)23-14-4-5-25(27-3)10-13(14)19/h8-9,13-14,26H,4-6,10H2,1-3H3,(H,22,23,24). The Labute approximate surface area is 172 Å². The van der Waals surface area contributed by atoms with E-state index in [1.165, 1.54) is 17.5 Å². The van der Waals surface area contributed by atoms with Crippen LogP contribution in [0.15, 0.2) is 12.4 Å². The summed E-state index contributed by atoms with van der Waals surface area (Å²) in [5.41, 5.74) is -0.116. The molecule has 0 radical (unpaired) electrons. The molecular formula is C18H23FN6OS2. The highest BCUT2D eigenvalue weighted by Crippen LogP contribution is 2.29. The molecule has 0 aliphatic carbocycles. The van der Waals surface area contributed by atoms with Crippen LogP contribution >= 0.6 is 23.3 Å². The van der Waals surface area contributed by atoms with E-state index in [9.17, 15) is 14.8 Å². The van der Waals surface area contributed by atoms with E-state index in [4.69, 9.17) is 0 Å². The number of rotatable bonds is 6. The lowest BCUT2D eigenvalue weighted by atomic mass is 10.1. The van der Waals surface area contributed by atoms with Crippen LogP contribution in [-0.2, 0) is 6.42 Å². The van der Waals surface area contributed by atoms with Crippen molar-refractivity contribution in [1.82, 2.24) is 19.3 Å². The predicted molar refractivity (Wildman–Crippen MR) is 110 cm³/mol. The number of hydrogen-bond acceptors (Lipinski definition) is 9. The van der Waals surface area contributed by atoms with Crippen LogP contribution in [0.1, 0.15) is 30.7 Å². The number of aliphatic hydroxyl groups is 1. The first-order chi connectivity index (χ1) is 13.3. The van der Waals surface area contributed by atoms with Gasteiger partial charge in [0.1, 0.15) is 22.9 Å². The first-order valence-corrected chi connectivity index (χ1v) is 10.9. The largest absolute Gasteiger partial charge is 0.390 e. The topological polar surface area (TPSA) is 98.0 Å². The zero-order valence-electron chi connectivity index (χ0n) is 16.0. The number of thiazole rings is 1. The van der Waals surface area contributed by atoms with Crippen LogP contribution in [0.2, 0.25) is 0 Å². The Kier molecular flexibility index (Phi) is 6.50. The second-order valence-electron chi connectivity index (χ2n) is 7.31. The first-order valence-electron chi connectivity index (χ1n) is 8.93. The zero-order chi connectivity index (χ0) is 20.3. The lowest BCUT2D eigenvalue weighted by Gasteiger charge is -2.33. The normalized spacial score (nSPS) is 20.7. The summed E-state index contributed by atoms with van der Waals surface area (Å²) in [6.07, 6.45) is 5.14. The van der Waals surface area contributed by atoms with Crippen LogP contribution < -0.4 is 5.32 Å². The summed E-state index contributed by atoms with van der Waals surface area (Å²) in [5, 5.41) is 23.0. The van der Waals surface area contributed by atoms with E-state index in [-0.39, 0.29) is 6.04 Å². The fourth-order valence-electron chi connectivity index (χ4n) is 2.99. The van der Waals surface area contributed by atoms with Crippen molar-refractivity contribution in [2.75, 3.05) is 24.7 Å². The van der Waals surface area contributed by atoms with Crippen molar-refractivity contribution in [3.63, 3.8) is 0 Å². The fraction of sp³-hybridized carbons (Fsp3) is 0.556. The molecule has 1 aliphatic heterocycles. The van der Waals surface area contributed by atoms with Crippen LogP contribution in [0, 0.1) is 11.3 Å². The molecule has 2 aromatic rings. The number of nitrogens with zero attached hydrogens (tertiary/aromatic N) is 5. The molecule has 0 spiro atoms. The maximum Gasteiger partial charge on any atom is 0.223 e. The molecule has 0 saturated carbocycles. The van der Waals surface area contributed by atoms with Gasteiger partial charge in [-0.15, -0.1) is 11.3 Å². The van der Waals surface area contributed by atoms with Gasteiger partial charge in [-0.2, -0.15) is 5.26 Å². The van der Waals surface area contributed by atoms with Gasteiger partial charge in [0.2, 0.25) is 5.95 Å². The van der Waals surface area contributed by atoms with Crippen LogP contribution in [0.3, 0.4) is 0 Å². The van der Waals surface area contributed by atoms with Crippen LogP contribution in [0.5, 0.6) is 0 Å². The van der Waals surface area contributed by atoms with Gasteiger partial charge in [0.15, 0.2) is 0 Å². The SMILES string of the molecule is CSN1CCC(Nc2ncc(C#N)c(-c3ncc(CC(C)(C)O)s3)n2)C(F)C1. The number of nitrogens with one attached hydrogen (secondary N) is 1. The maximum atomic E-state index is 14.4. The third-order valence-corrected chi connectivity index (χ3v) is 6.20. The highest BCUT2D eigenvalue weighted by molar-refractivity contribution is 7.96. The molecule has 2 N–H and O–H groups in total. The number of nitriles is 1. The van der Waals surface area contributed by atoms with E-state index < -0.39 is 11.8 Å². The first kappa shape index (κ1) is 20.9. The molecular weight excluding hydrogens is 399 g/mol. The van der Waals surface area contributed by atoms with Crippen molar-refractivity contribution < 1.29 is 9.50 Å². The molecule has 2 aromatic heterocycles. The molecule has 0 aromatic carbocycles. The summed E-state index contributed by atoms with van der Waals surface area (Å²) in [6.45, 7) is 4.61. The molecule has 1 aliphatic rings. The van der Waals surface area contributed by atoms with Crippen molar-refractivity contribution in [3.8, 4) is 16.8 Å². The highest BCUT2D eigenvalue weighted by Gasteiger charge is 2.29. The number of aromatic nitrogens is 3. The summed E-state index contributed by atoms with van der Waals surface area (Å²) in [6, 6.07) is 1.72. The lowest BCUT2D eigenvalue weighted by Crippen LogP contribution is -2.45. The van der Waals surface area contributed by atoms with E-state index >= 15 is 0 Å². The minimum Gasteiger partial charge on any atom is -0.390 e. The number of piperidine rings is 1. The molecule has 2 unspecified atom stereocenters. The van der Waals surface area contributed by atoms with Crippen LogP contribution in [-0.4, -0.2) is 61.5 Å². The Bertz CT molecular complexity index is 862. The Balaban J connectivity index is 1.80. The minimum absolute atomic E-state index is 0.290. The van der Waals surface area contributed by atoms with Crippen LogP contribution in [0.25, 0.3) is 10.7 Å². The second kappa shape index (κ2) is 8.69. The molecule has 3 heterocycles. The average Bonchev–Trinajstić information content (AvgIpc) is 3.09. The summed E-state index contributed by atoms with van der Waals surface area (Å²) < 4.78 is 16.4. The van der Waals surface area contributed by atoms with Gasteiger partial charge in [-0.1, -0.05) is 11.9 Å². The quantitative estimate of drug-likeness (QED) is 0.686. The van der Waals surface area contributed by atoms with Crippen molar-refractivity contribution in [2.24, 2.45) is 0 Å². The number of alkyl halides is 1. The molecule has 1 fully saturated rings. The summed E-state index contributed by atoms with van der Waals surface area (Å²) >= 11 is 2.92. The van der Waals surface area contributed by atoms with E-state index in [1.54, 1.807) is 32.0 Å². The molecule has 150 valence electrons. The number of hydrogen-bond donors (Lipinski definition) is 2. The summed E-state index contributed by atoms with van der Waals surface area (Å²) in [7, 11) is 0. The molecule has 0 amide bonds. The van der Waals surface area contributed by atoms with Crippen LogP contribution in [0.4, 0.5) is 10.3 Å². The molecule has 1 saturated heterocycles. The molecule has 28 heavy (non-hydrogen) atoms. The van der Waals surface area contributed by atoms with Crippen molar-refractivity contribution >= 4 is 29.2 Å². The summed E-state index contributed by atoms with van der Waals surface area (Å²) in [5.74, 6) is 0.290. The molecule has 7 nitrogen and oxygen atoms in total. The van der Waals surface area contributed by atoms with E-state index in [0.717, 1.165) is 11.4 Å². The number of halogens is 1. The van der Waals surface area contributed by atoms with E-state index in [1.807, 2.05) is 10.6 Å². The van der Waals surface area contributed by atoms with Gasteiger partial charge in [-0.25, -0.2) is 23.6 Å². The maximum absolute atomic E-state index is 14.4. The Morgan fingerprint density at radius 3 is 2.89 bits per heavy atom. The van der Waals surface area contributed by atoms with E-state index in [2.05, 4.69) is 26.3 Å². The smallest absolute Gasteiger partial charge is 0.223 e. The van der Waals surface area contributed by atoms with Gasteiger partial charge in [-0.3, -0.25) is 0 Å². The highest BCUT2D eigenvalue weighted by atomic mass is 32.2. The van der Waals surface area contributed by atoms with Gasteiger partial charge in [0.25, 0.3) is 0 Å². The Morgan fingerprint density at radius 2 is 2.25 bits per heavy atom. The van der Waals surface area contributed by atoms with E-state index in [0.29, 0.717) is 41.6 Å². The van der Waals surface area contributed by atoms with Crippen molar-refractivity contribution in [3.05, 3.63) is 22.8 Å². The summed E-state index contributed by atoms with van der Waals surface area (Å²) in [4.78, 5) is 13.9. The van der Waals surface area contributed by atoms with Crippen molar-refractivity contribution in [1.29, 1.82) is 5.26 Å². The second-order valence-corrected chi connectivity index (χ2v) is 9.31. The predicted octanol–water partition coefficient (Wildman–Crippen LogP) is 2.89. The van der Waals surface area contributed by atoms with Gasteiger partial charge >= 0.3 is 0 Å². The molecule has 2 atom stereocenters. The monoisotopic (exact) mass is 422 g/mol. The number of anilines is 1. The van der Waals surface area contributed by atoms with Gasteiger partial charge < -0.3 is 10.4 Å².